The molecule has 5 nitrogen and oxygen atoms in total. The minimum Gasteiger partial charge on any atom is -0.405 e. The van der Waals surface area contributed by atoms with Crippen molar-refractivity contribution in [1.29, 1.82) is 0 Å². The molecule has 118 valence electrons. The number of benzene rings is 1. The smallest absolute Gasteiger partial charge is 0.340 e. The molecule has 0 radical (unpaired) electrons. The molecule has 0 unspecified atom stereocenters. The Morgan fingerprint density at radius 2 is 1.91 bits per heavy atom. The molecule has 0 amide bonds. The van der Waals surface area contributed by atoms with Crippen LogP contribution >= 0.6 is 0 Å². The standard InChI is InChI=1S/C17H22N2O3/c20-11-10-18-12-13-4-6-14(7-5-13)15-19-17(16(21)22-15)8-2-1-3-9-17/h4-7,18,20H,1-3,8-12H2. The van der Waals surface area contributed by atoms with Gasteiger partial charge < -0.3 is 15.2 Å². The molecule has 1 saturated carbocycles. The van der Waals surface area contributed by atoms with Crippen LogP contribution in [0.15, 0.2) is 29.3 Å². The first-order valence-corrected chi connectivity index (χ1v) is 7.96. The van der Waals surface area contributed by atoms with Crippen molar-refractivity contribution in [3.63, 3.8) is 0 Å². The molecule has 1 aromatic rings. The number of aliphatic hydroxyl groups excluding tert-OH is 1. The third-order valence-electron chi connectivity index (χ3n) is 4.38. The van der Waals surface area contributed by atoms with Gasteiger partial charge in [0.25, 0.3) is 0 Å². The molecule has 3 rings (SSSR count). The van der Waals surface area contributed by atoms with Gasteiger partial charge in [0, 0.05) is 18.7 Å². The van der Waals surface area contributed by atoms with Gasteiger partial charge in [0.2, 0.25) is 5.90 Å². The molecular weight excluding hydrogens is 280 g/mol. The second-order valence-corrected chi connectivity index (χ2v) is 6.00. The lowest BCUT2D eigenvalue weighted by Crippen LogP contribution is -2.35. The Balaban J connectivity index is 1.71. The van der Waals surface area contributed by atoms with E-state index in [0.717, 1.165) is 36.8 Å². The number of nitrogens with zero attached hydrogens (tertiary/aromatic N) is 1. The molecule has 2 N–H and O–H groups in total. The SMILES string of the molecule is O=C1OC(c2ccc(CNCCO)cc2)=NC12CCCCC2. The maximum Gasteiger partial charge on any atom is 0.340 e. The number of carbonyl (C=O) groups is 1. The van der Waals surface area contributed by atoms with E-state index in [1.807, 2.05) is 24.3 Å². The van der Waals surface area contributed by atoms with E-state index >= 15 is 0 Å². The molecule has 1 aromatic carbocycles. The summed E-state index contributed by atoms with van der Waals surface area (Å²) in [6.45, 7) is 1.42. The minimum absolute atomic E-state index is 0.132. The van der Waals surface area contributed by atoms with Crippen LogP contribution in [0.4, 0.5) is 0 Å². The van der Waals surface area contributed by atoms with E-state index in [9.17, 15) is 4.79 Å². The fourth-order valence-corrected chi connectivity index (χ4v) is 3.10. The average Bonchev–Trinajstić information content (AvgIpc) is 2.86. The molecule has 2 aliphatic rings. The van der Waals surface area contributed by atoms with Gasteiger partial charge in [-0.2, -0.15) is 0 Å². The van der Waals surface area contributed by atoms with Crippen molar-refractivity contribution in [2.24, 2.45) is 4.99 Å². The molecule has 0 atom stereocenters. The van der Waals surface area contributed by atoms with Gasteiger partial charge in [0.1, 0.15) is 0 Å². The fourth-order valence-electron chi connectivity index (χ4n) is 3.10. The van der Waals surface area contributed by atoms with E-state index < -0.39 is 5.54 Å². The van der Waals surface area contributed by atoms with Gasteiger partial charge in [-0.1, -0.05) is 31.4 Å². The normalized spacial score (nSPS) is 20.0. The highest BCUT2D eigenvalue weighted by molar-refractivity contribution is 6.07. The molecule has 1 aliphatic carbocycles. The summed E-state index contributed by atoms with van der Waals surface area (Å²) >= 11 is 0. The third-order valence-corrected chi connectivity index (χ3v) is 4.38. The van der Waals surface area contributed by atoms with E-state index in [-0.39, 0.29) is 12.6 Å². The van der Waals surface area contributed by atoms with Crippen molar-refractivity contribution in [2.75, 3.05) is 13.2 Å². The number of hydrogen-bond acceptors (Lipinski definition) is 5. The first-order chi connectivity index (χ1) is 10.7. The van der Waals surface area contributed by atoms with Gasteiger partial charge in [0.05, 0.1) is 6.61 Å². The van der Waals surface area contributed by atoms with Crippen molar-refractivity contribution in [3.8, 4) is 0 Å². The van der Waals surface area contributed by atoms with Crippen molar-refractivity contribution in [2.45, 2.75) is 44.2 Å². The van der Waals surface area contributed by atoms with Gasteiger partial charge in [0.15, 0.2) is 5.54 Å². The number of carbonyl (C=O) groups excluding carboxylic acids is 1. The zero-order valence-electron chi connectivity index (χ0n) is 12.7. The molecule has 1 spiro atoms. The molecule has 0 bridgehead atoms. The van der Waals surface area contributed by atoms with Crippen molar-refractivity contribution in [1.82, 2.24) is 5.32 Å². The van der Waals surface area contributed by atoms with E-state index in [2.05, 4.69) is 10.3 Å². The summed E-state index contributed by atoms with van der Waals surface area (Å²) < 4.78 is 5.44. The van der Waals surface area contributed by atoms with Crippen LogP contribution in [-0.2, 0) is 16.1 Å². The van der Waals surface area contributed by atoms with E-state index in [1.54, 1.807) is 0 Å². The number of aliphatic hydroxyl groups is 1. The molecule has 1 aliphatic heterocycles. The fraction of sp³-hybridized carbons (Fsp3) is 0.529. The van der Waals surface area contributed by atoms with Gasteiger partial charge >= 0.3 is 5.97 Å². The maximum absolute atomic E-state index is 12.2. The van der Waals surface area contributed by atoms with Gasteiger partial charge in [-0.3, -0.25) is 0 Å². The summed E-state index contributed by atoms with van der Waals surface area (Å²) in [5.41, 5.74) is 1.35. The number of hydrogen-bond donors (Lipinski definition) is 2. The number of aliphatic imine (C=N–C) groups is 1. The van der Waals surface area contributed by atoms with Gasteiger partial charge in [-0.05, 0) is 30.5 Å². The number of nitrogens with one attached hydrogen (secondary N) is 1. The lowest BCUT2D eigenvalue weighted by atomic mass is 9.83. The minimum atomic E-state index is -0.616. The molecule has 22 heavy (non-hydrogen) atoms. The van der Waals surface area contributed by atoms with Crippen LogP contribution in [-0.4, -0.2) is 35.7 Å². The number of esters is 1. The Hall–Kier alpha value is -1.72. The van der Waals surface area contributed by atoms with Crippen LogP contribution in [0.3, 0.4) is 0 Å². The predicted octanol–water partition coefficient (Wildman–Crippen LogP) is 1.77. The van der Waals surface area contributed by atoms with Crippen molar-refractivity contribution in [3.05, 3.63) is 35.4 Å². The summed E-state index contributed by atoms with van der Waals surface area (Å²) in [6, 6.07) is 7.84. The Morgan fingerprint density at radius 1 is 1.18 bits per heavy atom. The summed E-state index contributed by atoms with van der Waals surface area (Å²) in [4.78, 5) is 16.8. The van der Waals surface area contributed by atoms with E-state index in [4.69, 9.17) is 9.84 Å². The highest BCUT2D eigenvalue weighted by Gasteiger charge is 2.46. The van der Waals surface area contributed by atoms with Crippen LogP contribution in [0.5, 0.6) is 0 Å². The zero-order valence-corrected chi connectivity index (χ0v) is 12.7. The molecule has 0 saturated heterocycles. The topological polar surface area (TPSA) is 70.9 Å². The predicted molar refractivity (Wildman–Crippen MR) is 83.7 cm³/mol. The summed E-state index contributed by atoms with van der Waals surface area (Å²) in [5, 5.41) is 11.9. The first kappa shape index (κ1) is 15.2. The van der Waals surface area contributed by atoms with Crippen LogP contribution in [0.2, 0.25) is 0 Å². The Kier molecular flexibility index (Phi) is 4.55. The highest BCUT2D eigenvalue weighted by Crippen LogP contribution is 2.37. The van der Waals surface area contributed by atoms with Crippen LogP contribution in [0, 0.1) is 0 Å². The van der Waals surface area contributed by atoms with E-state index in [1.165, 1.54) is 6.42 Å². The maximum atomic E-state index is 12.2. The average molecular weight is 302 g/mol. The molecule has 5 heteroatoms. The van der Waals surface area contributed by atoms with Gasteiger partial charge in [-0.15, -0.1) is 0 Å². The monoisotopic (exact) mass is 302 g/mol. The van der Waals surface area contributed by atoms with Crippen molar-refractivity contribution >= 4 is 11.9 Å². The molecule has 1 fully saturated rings. The van der Waals surface area contributed by atoms with Crippen LogP contribution < -0.4 is 5.32 Å². The second-order valence-electron chi connectivity index (χ2n) is 6.00. The van der Waals surface area contributed by atoms with Crippen LogP contribution in [0.1, 0.15) is 43.2 Å². The molecule has 1 heterocycles. The second kappa shape index (κ2) is 6.58. The lowest BCUT2D eigenvalue weighted by molar-refractivity contribution is -0.140. The van der Waals surface area contributed by atoms with Crippen LogP contribution in [0.25, 0.3) is 0 Å². The first-order valence-electron chi connectivity index (χ1n) is 7.96. The Morgan fingerprint density at radius 3 is 2.59 bits per heavy atom. The largest absolute Gasteiger partial charge is 0.405 e. The number of ether oxygens (including phenoxy) is 1. The quantitative estimate of drug-likeness (QED) is 0.642. The molecule has 0 aromatic heterocycles. The lowest BCUT2D eigenvalue weighted by Gasteiger charge is -2.25. The molecular formula is C17H22N2O3. The summed E-state index contributed by atoms with van der Waals surface area (Å²) in [6.07, 6.45) is 4.87. The van der Waals surface area contributed by atoms with Crippen molar-refractivity contribution < 1.29 is 14.6 Å². The third kappa shape index (κ3) is 3.05. The zero-order chi connectivity index (χ0) is 15.4. The number of cyclic esters (lactones) is 1. The highest BCUT2D eigenvalue weighted by atomic mass is 16.6. The Bertz CT molecular complexity index is 560. The number of rotatable bonds is 5. The summed E-state index contributed by atoms with van der Waals surface area (Å²) in [7, 11) is 0. The van der Waals surface area contributed by atoms with Gasteiger partial charge in [-0.25, -0.2) is 9.79 Å². The summed E-state index contributed by atoms with van der Waals surface area (Å²) in [5.74, 6) is 0.276. The van der Waals surface area contributed by atoms with E-state index in [0.29, 0.717) is 19.0 Å². The Labute approximate surface area is 130 Å².